The smallest absolute Gasteiger partial charge is 0.160 e. The number of rotatable bonds is 5. The summed E-state index contributed by atoms with van der Waals surface area (Å²) in [6, 6.07) is 0. The SMILES string of the molecule is CCNc1nc(C(OCC)C(C)(C)C)nc2c1CSC2. The van der Waals surface area contributed by atoms with E-state index in [1.165, 1.54) is 11.3 Å². The lowest BCUT2D eigenvalue weighted by atomic mass is 9.88. The van der Waals surface area contributed by atoms with Gasteiger partial charge in [-0.1, -0.05) is 20.8 Å². The van der Waals surface area contributed by atoms with E-state index in [2.05, 4.69) is 33.0 Å². The molecule has 1 aliphatic heterocycles. The molecule has 1 atom stereocenters. The Morgan fingerprint density at radius 3 is 2.60 bits per heavy atom. The molecule has 0 aliphatic carbocycles. The number of hydrogen-bond acceptors (Lipinski definition) is 5. The molecular formula is C15H25N3OS. The molecule has 2 heterocycles. The first-order valence-corrected chi connectivity index (χ1v) is 8.45. The van der Waals surface area contributed by atoms with Crippen LogP contribution in [0, 0.1) is 5.41 Å². The zero-order valence-electron chi connectivity index (χ0n) is 13.1. The maximum atomic E-state index is 5.93. The maximum Gasteiger partial charge on any atom is 0.160 e. The van der Waals surface area contributed by atoms with E-state index in [1.807, 2.05) is 18.7 Å². The summed E-state index contributed by atoms with van der Waals surface area (Å²) < 4.78 is 5.93. The summed E-state index contributed by atoms with van der Waals surface area (Å²) in [6.07, 6.45) is -0.0687. The van der Waals surface area contributed by atoms with Gasteiger partial charge in [-0.25, -0.2) is 9.97 Å². The maximum absolute atomic E-state index is 5.93. The molecule has 0 aromatic carbocycles. The monoisotopic (exact) mass is 295 g/mol. The Balaban J connectivity index is 2.42. The number of anilines is 1. The lowest BCUT2D eigenvalue weighted by molar-refractivity contribution is -0.0191. The number of hydrogen-bond donors (Lipinski definition) is 1. The molecule has 0 fully saturated rings. The van der Waals surface area contributed by atoms with Crippen LogP contribution in [-0.2, 0) is 16.2 Å². The zero-order chi connectivity index (χ0) is 14.8. The number of fused-ring (bicyclic) bond motifs is 1. The summed E-state index contributed by atoms with van der Waals surface area (Å²) in [7, 11) is 0. The molecule has 1 aromatic rings. The molecule has 5 heteroatoms. The number of nitrogens with one attached hydrogen (secondary N) is 1. The Hall–Kier alpha value is -0.810. The van der Waals surface area contributed by atoms with Crippen molar-refractivity contribution in [3.63, 3.8) is 0 Å². The van der Waals surface area contributed by atoms with Gasteiger partial charge >= 0.3 is 0 Å². The molecule has 1 unspecified atom stereocenters. The van der Waals surface area contributed by atoms with Crippen molar-refractivity contribution in [2.45, 2.75) is 52.2 Å². The molecular weight excluding hydrogens is 270 g/mol. The van der Waals surface area contributed by atoms with Crippen LogP contribution in [0.4, 0.5) is 5.82 Å². The van der Waals surface area contributed by atoms with Crippen molar-refractivity contribution >= 4 is 17.6 Å². The molecule has 0 amide bonds. The standard InChI is InChI=1S/C15H25N3OS/c1-6-16-13-10-8-20-9-11(10)17-14(18-13)12(19-7-2)15(3,4)5/h12H,6-9H2,1-5H3,(H,16,17,18). The number of aromatic nitrogens is 2. The summed E-state index contributed by atoms with van der Waals surface area (Å²) in [6.45, 7) is 12.2. The van der Waals surface area contributed by atoms with Crippen molar-refractivity contribution < 1.29 is 4.74 Å². The second-order valence-corrected chi connectivity index (χ2v) is 7.07. The second kappa shape index (κ2) is 6.31. The fourth-order valence-electron chi connectivity index (χ4n) is 2.38. The third-order valence-corrected chi connectivity index (χ3v) is 4.26. The minimum Gasteiger partial charge on any atom is -0.370 e. The van der Waals surface area contributed by atoms with Crippen LogP contribution >= 0.6 is 11.8 Å². The van der Waals surface area contributed by atoms with Crippen molar-refractivity contribution in [3.05, 3.63) is 17.1 Å². The van der Waals surface area contributed by atoms with Gasteiger partial charge in [0, 0.05) is 30.2 Å². The summed E-state index contributed by atoms with van der Waals surface area (Å²) in [5, 5.41) is 3.38. The van der Waals surface area contributed by atoms with E-state index in [-0.39, 0.29) is 11.5 Å². The molecule has 0 saturated carbocycles. The van der Waals surface area contributed by atoms with Gasteiger partial charge in [0.2, 0.25) is 0 Å². The van der Waals surface area contributed by atoms with Crippen molar-refractivity contribution in [2.75, 3.05) is 18.5 Å². The van der Waals surface area contributed by atoms with Crippen LogP contribution in [0.3, 0.4) is 0 Å². The highest BCUT2D eigenvalue weighted by Gasteiger charge is 2.31. The van der Waals surface area contributed by atoms with E-state index in [9.17, 15) is 0 Å². The molecule has 0 spiro atoms. The van der Waals surface area contributed by atoms with E-state index >= 15 is 0 Å². The van der Waals surface area contributed by atoms with E-state index in [1.54, 1.807) is 0 Å². The lowest BCUT2D eigenvalue weighted by Crippen LogP contribution is -2.24. The molecule has 2 rings (SSSR count). The molecule has 1 aromatic heterocycles. The van der Waals surface area contributed by atoms with Gasteiger partial charge in [0.05, 0.1) is 5.69 Å². The Kier molecular flexibility index (Phi) is 4.91. The largest absolute Gasteiger partial charge is 0.370 e. The van der Waals surface area contributed by atoms with Crippen molar-refractivity contribution in [1.82, 2.24) is 9.97 Å². The molecule has 1 aliphatic rings. The molecule has 4 nitrogen and oxygen atoms in total. The molecule has 0 saturated heterocycles. The first kappa shape index (κ1) is 15.6. The normalized spacial score (nSPS) is 16.1. The molecule has 0 radical (unpaired) electrons. The number of ether oxygens (including phenoxy) is 1. The average molecular weight is 295 g/mol. The molecule has 112 valence electrons. The second-order valence-electron chi connectivity index (χ2n) is 6.08. The van der Waals surface area contributed by atoms with Crippen LogP contribution in [0.1, 0.15) is 57.8 Å². The Labute approximate surface area is 126 Å². The molecule has 20 heavy (non-hydrogen) atoms. The quantitative estimate of drug-likeness (QED) is 0.895. The summed E-state index contributed by atoms with van der Waals surface area (Å²) in [4.78, 5) is 9.54. The number of nitrogens with zero attached hydrogens (tertiary/aromatic N) is 2. The lowest BCUT2D eigenvalue weighted by Gasteiger charge is -2.29. The van der Waals surface area contributed by atoms with Crippen LogP contribution in [0.25, 0.3) is 0 Å². The third-order valence-electron chi connectivity index (χ3n) is 3.29. The van der Waals surface area contributed by atoms with E-state index in [4.69, 9.17) is 14.7 Å². The first-order chi connectivity index (χ1) is 9.47. The summed E-state index contributed by atoms with van der Waals surface area (Å²) in [5.74, 6) is 3.79. The Bertz CT molecular complexity index is 471. The van der Waals surface area contributed by atoms with Gasteiger partial charge in [-0.15, -0.1) is 0 Å². The molecule has 0 bridgehead atoms. The van der Waals surface area contributed by atoms with Crippen LogP contribution in [0.5, 0.6) is 0 Å². The number of thioether (sulfide) groups is 1. The van der Waals surface area contributed by atoms with Crippen LogP contribution in [0.2, 0.25) is 0 Å². The van der Waals surface area contributed by atoms with E-state index in [0.29, 0.717) is 6.61 Å². The highest BCUT2D eigenvalue weighted by molar-refractivity contribution is 7.98. The minimum absolute atomic E-state index is 0.0144. The Morgan fingerprint density at radius 1 is 1.25 bits per heavy atom. The highest BCUT2D eigenvalue weighted by Crippen LogP contribution is 2.38. The first-order valence-electron chi connectivity index (χ1n) is 7.30. The minimum atomic E-state index is -0.0687. The highest BCUT2D eigenvalue weighted by atomic mass is 32.2. The summed E-state index contributed by atoms with van der Waals surface area (Å²) >= 11 is 1.90. The van der Waals surface area contributed by atoms with Gasteiger partial charge in [0.15, 0.2) is 5.82 Å². The van der Waals surface area contributed by atoms with Crippen LogP contribution in [0.15, 0.2) is 0 Å². The van der Waals surface area contributed by atoms with E-state index in [0.717, 1.165) is 29.7 Å². The third kappa shape index (κ3) is 3.26. The van der Waals surface area contributed by atoms with Gasteiger partial charge in [0.1, 0.15) is 11.9 Å². The van der Waals surface area contributed by atoms with Gasteiger partial charge in [-0.3, -0.25) is 0 Å². The van der Waals surface area contributed by atoms with Crippen molar-refractivity contribution in [2.24, 2.45) is 5.41 Å². The van der Waals surface area contributed by atoms with Gasteiger partial charge in [0.25, 0.3) is 0 Å². The van der Waals surface area contributed by atoms with Crippen LogP contribution < -0.4 is 5.32 Å². The Morgan fingerprint density at radius 2 is 2.00 bits per heavy atom. The van der Waals surface area contributed by atoms with Crippen molar-refractivity contribution in [1.29, 1.82) is 0 Å². The average Bonchev–Trinajstić information content (AvgIpc) is 2.83. The van der Waals surface area contributed by atoms with Crippen LogP contribution in [-0.4, -0.2) is 23.1 Å². The summed E-state index contributed by atoms with van der Waals surface area (Å²) in [5.41, 5.74) is 2.43. The van der Waals surface area contributed by atoms with Gasteiger partial charge in [-0.05, 0) is 19.3 Å². The fourth-order valence-corrected chi connectivity index (χ4v) is 3.42. The fraction of sp³-hybridized carbons (Fsp3) is 0.733. The van der Waals surface area contributed by atoms with Crippen molar-refractivity contribution in [3.8, 4) is 0 Å². The topological polar surface area (TPSA) is 47.0 Å². The van der Waals surface area contributed by atoms with Gasteiger partial charge < -0.3 is 10.1 Å². The zero-order valence-corrected chi connectivity index (χ0v) is 13.9. The van der Waals surface area contributed by atoms with Gasteiger partial charge in [-0.2, -0.15) is 11.8 Å². The predicted molar refractivity (Wildman–Crippen MR) is 85.0 cm³/mol. The molecule has 1 N–H and O–H groups in total. The van der Waals surface area contributed by atoms with E-state index < -0.39 is 0 Å². The predicted octanol–water partition coefficient (Wildman–Crippen LogP) is 3.78.